The van der Waals surface area contributed by atoms with Crippen LogP contribution in [-0.4, -0.2) is 12.2 Å². The number of hydrogen-bond acceptors (Lipinski definition) is 3. The molecule has 0 radical (unpaired) electrons. The van der Waals surface area contributed by atoms with Gasteiger partial charge in [0.25, 0.3) is 0 Å². The molecular formula is C21H24FNO3. The summed E-state index contributed by atoms with van der Waals surface area (Å²) >= 11 is 0. The van der Waals surface area contributed by atoms with Gasteiger partial charge < -0.3 is 15.2 Å². The van der Waals surface area contributed by atoms with Gasteiger partial charge in [-0.1, -0.05) is 26.0 Å². The summed E-state index contributed by atoms with van der Waals surface area (Å²) in [4.78, 5) is 11.2. The Morgan fingerprint density at radius 2 is 2.00 bits per heavy atom. The SMILES string of the molecule is CC(C)Oc1cccc(-c2cc3c(cc2F)C(OC(N)=O)C(C)(C)C3)c1. The van der Waals surface area contributed by atoms with Gasteiger partial charge in [0.15, 0.2) is 0 Å². The number of benzene rings is 2. The first-order valence-corrected chi connectivity index (χ1v) is 8.73. The summed E-state index contributed by atoms with van der Waals surface area (Å²) in [5, 5.41) is 0. The highest BCUT2D eigenvalue weighted by molar-refractivity contribution is 5.69. The normalized spacial score (nSPS) is 17.8. The van der Waals surface area contributed by atoms with Crippen molar-refractivity contribution in [3.63, 3.8) is 0 Å². The molecule has 0 aromatic heterocycles. The van der Waals surface area contributed by atoms with Gasteiger partial charge in [0.2, 0.25) is 0 Å². The molecule has 2 aromatic rings. The summed E-state index contributed by atoms with van der Waals surface area (Å²) in [6.07, 6.45) is -0.675. The molecule has 2 aromatic carbocycles. The van der Waals surface area contributed by atoms with E-state index in [1.807, 2.05) is 58.0 Å². The van der Waals surface area contributed by atoms with Crippen LogP contribution in [0.1, 0.15) is 44.9 Å². The molecule has 0 aliphatic heterocycles. The first kappa shape index (κ1) is 18.2. The van der Waals surface area contributed by atoms with E-state index in [1.165, 1.54) is 6.07 Å². The summed E-state index contributed by atoms with van der Waals surface area (Å²) in [7, 11) is 0. The van der Waals surface area contributed by atoms with Crippen molar-refractivity contribution in [2.45, 2.75) is 46.3 Å². The fourth-order valence-corrected chi connectivity index (χ4v) is 3.60. The first-order valence-electron chi connectivity index (χ1n) is 8.73. The van der Waals surface area contributed by atoms with Crippen LogP contribution in [0.25, 0.3) is 11.1 Å². The molecule has 0 saturated heterocycles. The van der Waals surface area contributed by atoms with Crippen molar-refractivity contribution in [2.75, 3.05) is 0 Å². The number of ether oxygens (including phenoxy) is 2. The van der Waals surface area contributed by atoms with E-state index in [-0.39, 0.29) is 17.3 Å². The van der Waals surface area contributed by atoms with E-state index in [9.17, 15) is 9.18 Å². The Balaban J connectivity index is 2.02. The molecule has 0 bridgehead atoms. The van der Waals surface area contributed by atoms with Crippen LogP contribution in [0.15, 0.2) is 36.4 Å². The van der Waals surface area contributed by atoms with Crippen LogP contribution in [0.3, 0.4) is 0 Å². The molecule has 1 aliphatic rings. The number of hydrogen-bond donors (Lipinski definition) is 1. The van der Waals surface area contributed by atoms with E-state index in [0.29, 0.717) is 23.3 Å². The van der Waals surface area contributed by atoms with Crippen LogP contribution >= 0.6 is 0 Å². The predicted molar refractivity (Wildman–Crippen MR) is 98.5 cm³/mol. The Morgan fingerprint density at radius 1 is 1.27 bits per heavy atom. The predicted octanol–water partition coefficient (Wildman–Crippen LogP) is 5.00. The maximum absolute atomic E-state index is 14.9. The van der Waals surface area contributed by atoms with Crippen molar-refractivity contribution in [3.05, 3.63) is 53.3 Å². The Morgan fingerprint density at radius 3 is 2.65 bits per heavy atom. The number of halogens is 1. The van der Waals surface area contributed by atoms with E-state index in [0.717, 1.165) is 11.1 Å². The van der Waals surface area contributed by atoms with E-state index in [1.54, 1.807) is 0 Å². The van der Waals surface area contributed by atoms with Crippen LogP contribution in [0.2, 0.25) is 0 Å². The summed E-state index contributed by atoms with van der Waals surface area (Å²) in [5.41, 5.74) is 7.76. The van der Waals surface area contributed by atoms with Crippen molar-refractivity contribution in [1.82, 2.24) is 0 Å². The number of fused-ring (bicyclic) bond motifs is 1. The van der Waals surface area contributed by atoms with E-state index < -0.39 is 12.2 Å². The molecule has 1 unspecified atom stereocenters. The van der Waals surface area contributed by atoms with Gasteiger partial charge in [-0.25, -0.2) is 9.18 Å². The van der Waals surface area contributed by atoms with E-state index >= 15 is 0 Å². The summed E-state index contributed by atoms with van der Waals surface area (Å²) in [5.74, 6) is 0.342. The summed E-state index contributed by atoms with van der Waals surface area (Å²) in [6, 6.07) is 10.7. The fourth-order valence-electron chi connectivity index (χ4n) is 3.60. The molecule has 0 fully saturated rings. The van der Waals surface area contributed by atoms with Crippen LogP contribution in [0.4, 0.5) is 9.18 Å². The third-order valence-corrected chi connectivity index (χ3v) is 4.62. The molecule has 1 amide bonds. The average Bonchev–Trinajstić information content (AvgIpc) is 2.76. The van der Waals surface area contributed by atoms with Crippen LogP contribution in [0.5, 0.6) is 5.75 Å². The van der Waals surface area contributed by atoms with Crippen LogP contribution in [0, 0.1) is 11.2 Å². The van der Waals surface area contributed by atoms with Crippen LogP contribution in [-0.2, 0) is 11.2 Å². The minimum Gasteiger partial charge on any atom is -0.491 e. The molecule has 0 spiro atoms. The monoisotopic (exact) mass is 357 g/mol. The standard InChI is InChI=1S/C21H24FNO3/c1-12(2)25-15-7-5-6-13(8-15)16-9-14-11-21(3,4)19(26-20(23)24)17(14)10-18(16)22/h5-10,12,19H,11H2,1-4H3,(H2,23,24). The van der Waals surface area contributed by atoms with Crippen LogP contribution < -0.4 is 10.5 Å². The lowest BCUT2D eigenvalue weighted by molar-refractivity contribution is 0.0391. The summed E-state index contributed by atoms with van der Waals surface area (Å²) < 4.78 is 25.9. The van der Waals surface area contributed by atoms with Gasteiger partial charge in [0, 0.05) is 11.0 Å². The molecule has 5 heteroatoms. The Hall–Kier alpha value is -2.56. The fraction of sp³-hybridized carbons (Fsp3) is 0.381. The number of carbonyl (C=O) groups excluding carboxylic acids is 1. The summed E-state index contributed by atoms with van der Waals surface area (Å²) in [6.45, 7) is 7.86. The second-order valence-corrected chi connectivity index (χ2v) is 7.71. The van der Waals surface area contributed by atoms with Crippen molar-refractivity contribution in [1.29, 1.82) is 0 Å². The lowest BCUT2D eigenvalue weighted by Crippen LogP contribution is -2.25. The largest absolute Gasteiger partial charge is 0.491 e. The average molecular weight is 357 g/mol. The molecule has 0 heterocycles. The smallest absolute Gasteiger partial charge is 0.405 e. The molecule has 138 valence electrons. The molecule has 3 rings (SSSR count). The Kier molecular flexibility index (Phi) is 4.65. The number of amides is 1. The van der Waals surface area contributed by atoms with Gasteiger partial charge in [-0.2, -0.15) is 0 Å². The van der Waals surface area contributed by atoms with Gasteiger partial charge in [-0.05, 0) is 61.2 Å². The quantitative estimate of drug-likeness (QED) is 0.838. The molecule has 2 N–H and O–H groups in total. The minimum atomic E-state index is -0.848. The first-order chi connectivity index (χ1) is 12.2. The highest BCUT2D eigenvalue weighted by Crippen LogP contribution is 2.49. The molecule has 26 heavy (non-hydrogen) atoms. The van der Waals surface area contributed by atoms with Gasteiger partial charge in [0.05, 0.1) is 6.10 Å². The Bertz CT molecular complexity index is 845. The van der Waals surface area contributed by atoms with Gasteiger partial charge in [0.1, 0.15) is 17.7 Å². The van der Waals surface area contributed by atoms with E-state index in [2.05, 4.69) is 0 Å². The zero-order chi connectivity index (χ0) is 19.1. The van der Waals surface area contributed by atoms with Gasteiger partial charge >= 0.3 is 6.09 Å². The molecule has 1 aliphatic carbocycles. The molecular weight excluding hydrogens is 333 g/mol. The van der Waals surface area contributed by atoms with Crippen molar-refractivity contribution >= 4 is 6.09 Å². The lowest BCUT2D eigenvalue weighted by Gasteiger charge is -2.26. The van der Waals surface area contributed by atoms with Crippen molar-refractivity contribution < 1.29 is 18.7 Å². The number of carbonyl (C=O) groups is 1. The molecule has 4 nitrogen and oxygen atoms in total. The molecule has 1 atom stereocenters. The second kappa shape index (κ2) is 6.63. The minimum absolute atomic E-state index is 0.0441. The van der Waals surface area contributed by atoms with E-state index in [4.69, 9.17) is 15.2 Å². The zero-order valence-electron chi connectivity index (χ0n) is 15.5. The lowest BCUT2D eigenvalue weighted by atomic mass is 9.87. The number of primary amides is 1. The second-order valence-electron chi connectivity index (χ2n) is 7.71. The van der Waals surface area contributed by atoms with Gasteiger partial charge in [-0.3, -0.25) is 0 Å². The van der Waals surface area contributed by atoms with Crippen molar-refractivity contribution in [3.8, 4) is 16.9 Å². The Labute approximate surface area is 153 Å². The highest BCUT2D eigenvalue weighted by atomic mass is 19.1. The third-order valence-electron chi connectivity index (χ3n) is 4.62. The topological polar surface area (TPSA) is 61.6 Å². The zero-order valence-corrected chi connectivity index (χ0v) is 15.5. The maximum atomic E-state index is 14.9. The third kappa shape index (κ3) is 3.52. The highest BCUT2D eigenvalue weighted by Gasteiger charge is 2.42. The molecule has 0 saturated carbocycles. The number of rotatable bonds is 4. The van der Waals surface area contributed by atoms with Crippen molar-refractivity contribution in [2.24, 2.45) is 11.1 Å². The number of nitrogens with two attached hydrogens (primary N) is 1. The maximum Gasteiger partial charge on any atom is 0.405 e. The van der Waals surface area contributed by atoms with Gasteiger partial charge in [-0.15, -0.1) is 0 Å².